The van der Waals surface area contributed by atoms with E-state index in [9.17, 15) is 13.2 Å². The molecular formula is C21H26N2O3S. The Morgan fingerprint density at radius 2 is 1.63 bits per heavy atom. The van der Waals surface area contributed by atoms with Gasteiger partial charge in [0.15, 0.2) is 0 Å². The van der Waals surface area contributed by atoms with Crippen LogP contribution in [0, 0.1) is 0 Å². The fourth-order valence-corrected chi connectivity index (χ4v) is 5.07. The first-order valence-corrected chi connectivity index (χ1v) is 10.9. The van der Waals surface area contributed by atoms with E-state index >= 15 is 0 Å². The molecule has 1 atom stereocenters. The lowest BCUT2D eigenvalue weighted by atomic mass is 10.0. The molecule has 1 N–H and O–H groups in total. The summed E-state index contributed by atoms with van der Waals surface area (Å²) in [5.41, 5.74) is 1.34. The van der Waals surface area contributed by atoms with Gasteiger partial charge in [-0.15, -0.1) is 0 Å². The maximum atomic E-state index is 13.0. The van der Waals surface area contributed by atoms with Crippen LogP contribution in [0.3, 0.4) is 0 Å². The molecule has 1 aliphatic rings. The SMILES string of the molecule is CC(CNC(=O)c1ccccc1S(=O)(=O)N1CCCCC1)c1ccccc1. The number of amides is 1. The number of carbonyl (C=O) groups is 1. The number of piperidine rings is 1. The molecule has 0 aliphatic carbocycles. The van der Waals surface area contributed by atoms with Crippen LogP contribution in [0.1, 0.15) is 48.0 Å². The standard InChI is InChI=1S/C21H26N2O3S/c1-17(18-10-4-2-5-11-18)16-22-21(24)19-12-6-7-13-20(19)27(25,26)23-14-8-3-9-15-23/h2,4-7,10-13,17H,3,8-9,14-16H2,1H3,(H,22,24). The molecule has 0 aromatic heterocycles. The summed E-state index contributed by atoms with van der Waals surface area (Å²) in [5.74, 6) is -0.213. The summed E-state index contributed by atoms with van der Waals surface area (Å²) in [6.45, 7) is 3.51. The largest absolute Gasteiger partial charge is 0.351 e. The van der Waals surface area contributed by atoms with Crippen molar-refractivity contribution in [2.75, 3.05) is 19.6 Å². The van der Waals surface area contributed by atoms with Crippen molar-refractivity contribution < 1.29 is 13.2 Å². The van der Waals surface area contributed by atoms with Gasteiger partial charge in [0.25, 0.3) is 5.91 Å². The van der Waals surface area contributed by atoms with Crippen molar-refractivity contribution in [3.05, 3.63) is 65.7 Å². The Morgan fingerprint density at radius 1 is 1.00 bits per heavy atom. The number of carbonyl (C=O) groups excluding carboxylic acids is 1. The zero-order valence-electron chi connectivity index (χ0n) is 15.6. The van der Waals surface area contributed by atoms with E-state index in [4.69, 9.17) is 0 Å². The normalized spacial score (nSPS) is 16.6. The van der Waals surface area contributed by atoms with E-state index < -0.39 is 10.0 Å². The molecule has 144 valence electrons. The lowest BCUT2D eigenvalue weighted by Gasteiger charge is -2.26. The summed E-state index contributed by atoms with van der Waals surface area (Å²) >= 11 is 0. The van der Waals surface area contributed by atoms with Gasteiger partial charge in [-0.25, -0.2) is 8.42 Å². The highest BCUT2D eigenvalue weighted by Gasteiger charge is 2.29. The summed E-state index contributed by atoms with van der Waals surface area (Å²) in [5, 5.41) is 2.89. The van der Waals surface area contributed by atoms with Gasteiger partial charge >= 0.3 is 0 Å². The molecule has 1 amide bonds. The van der Waals surface area contributed by atoms with Crippen LogP contribution in [0.4, 0.5) is 0 Å². The number of nitrogens with zero attached hydrogens (tertiary/aromatic N) is 1. The van der Waals surface area contributed by atoms with Crippen molar-refractivity contribution in [3.8, 4) is 0 Å². The lowest BCUT2D eigenvalue weighted by molar-refractivity contribution is 0.0948. The van der Waals surface area contributed by atoms with Crippen LogP contribution in [0.5, 0.6) is 0 Å². The number of sulfonamides is 1. The first kappa shape index (κ1) is 19.6. The predicted molar refractivity (Wildman–Crippen MR) is 106 cm³/mol. The van der Waals surface area contributed by atoms with Crippen LogP contribution in [0.15, 0.2) is 59.5 Å². The minimum atomic E-state index is -3.66. The van der Waals surface area contributed by atoms with E-state index in [-0.39, 0.29) is 22.3 Å². The van der Waals surface area contributed by atoms with E-state index in [1.54, 1.807) is 18.2 Å². The maximum Gasteiger partial charge on any atom is 0.252 e. The summed E-state index contributed by atoms with van der Waals surface area (Å²) in [6, 6.07) is 16.4. The van der Waals surface area contributed by atoms with Crippen LogP contribution in [-0.2, 0) is 10.0 Å². The van der Waals surface area contributed by atoms with Gasteiger partial charge < -0.3 is 5.32 Å². The number of benzene rings is 2. The van der Waals surface area contributed by atoms with Gasteiger partial charge in [-0.1, -0.05) is 55.8 Å². The molecular weight excluding hydrogens is 360 g/mol. The topological polar surface area (TPSA) is 66.5 Å². The molecule has 1 aliphatic heterocycles. The lowest BCUT2D eigenvalue weighted by Crippen LogP contribution is -2.37. The average molecular weight is 387 g/mol. The van der Waals surface area contributed by atoms with Crippen molar-refractivity contribution in [2.24, 2.45) is 0 Å². The van der Waals surface area contributed by atoms with Crippen molar-refractivity contribution in [3.63, 3.8) is 0 Å². The second-order valence-corrected chi connectivity index (χ2v) is 8.89. The molecule has 1 fully saturated rings. The highest BCUT2D eigenvalue weighted by Crippen LogP contribution is 2.24. The van der Waals surface area contributed by atoms with Gasteiger partial charge in [0.1, 0.15) is 0 Å². The highest BCUT2D eigenvalue weighted by molar-refractivity contribution is 7.89. The van der Waals surface area contributed by atoms with Crippen LogP contribution >= 0.6 is 0 Å². The van der Waals surface area contributed by atoms with Crippen molar-refractivity contribution in [2.45, 2.75) is 37.0 Å². The van der Waals surface area contributed by atoms with Crippen LogP contribution in [-0.4, -0.2) is 38.3 Å². The molecule has 6 heteroatoms. The van der Waals surface area contributed by atoms with Crippen molar-refractivity contribution in [1.82, 2.24) is 9.62 Å². The van der Waals surface area contributed by atoms with E-state index in [2.05, 4.69) is 5.32 Å². The van der Waals surface area contributed by atoms with Crippen molar-refractivity contribution >= 4 is 15.9 Å². The van der Waals surface area contributed by atoms with Crippen LogP contribution in [0.25, 0.3) is 0 Å². The summed E-state index contributed by atoms with van der Waals surface area (Å²) in [4.78, 5) is 12.8. The predicted octanol–water partition coefficient (Wildman–Crippen LogP) is 3.39. The fraction of sp³-hybridized carbons (Fsp3) is 0.381. The molecule has 3 rings (SSSR count). The molecule has 2 aromatic carbocycles. The molecule has 2 aromatic rings. The minimum absolute atomic E-state index is 0.0942. The summed E-state index contributed by atoms with van der Waals surface area (Å²) in [7, 11) is -3.66. The number of rotatable bonds is 6. The van der Waals surface area contributed by atoms with E-state index in [0.29, 0.717) is 19.6 Å². The highest BCUT2D eigenvalue weighted by atomic mass is 32.2. The van der Waals surface area contributed by atoms with Gasteiger partial charge in [-0.2, -0.15) is 4.31 Å². The van der Waals surface area contributed by atoms with Gasteiger partial charge in [0.2, 0.25) is 10.0 Å². The van der Waals surface area contributed by atoms with Gasteiger partial charge in [-0.05, 0) is 36.5 Å². The Bertz CT molecular complexity index is 875. The second kappa shape index (κ2) is 8.67. The third-order valence-electron chi connectivity index (χ3n) is 5.00. The molecule has 27 heavy (non-hydrogen) atoms. The van der Waals surface area contributed by atoms with E-state index in [0.717, 1.165) is 24.8 Å². The number of nitrogens with one attached hydrogen (secondary N) is 1. The Balaban J connectivity index is 1.76. The van der Waals surface area contributed by atoms with E-state index in [1.807, 2.05) is 37.3 Å². The molecule has 1 saturated heterocycles. The first-order valence-electron chi connectivity index (χ1n) is 9.42. The zero-order chi connectivity index (χ0) is 19.3. The second-order valence-electron chi connectivity index (χ2n) is 6.98. The first-order chi connectivity index (χ1) is 13.0. The van der Waals surface area contributed by atoms with Crippen LogP contribution in [0.2, 0.25) is 0 Å². The zero-order valence-corrected chi connectivity index (χ0v) is 16.4. The fourth-order valence-electron chi connectivity index (χ4n) is 3.36. The third kappa shape index (κ3) is 4.57. The smallest absolute Gasteiger partial charge is 0.252 e. The monoisotopic (exact) mass is 386 g/mol. The Labute approximate surface area is 161 Å². The Morgan fingerprint density at radius 3 is 2.33 bits per heavy atom. The van der Waals surface area contributed by atoms with Crippen LogP contribution < -0.4 is 5.32 Å². The average Bonchev–Trinajstić information content (AvgIpc) is 2.73. The molecule has 1 heterocycles. The molecule has 0 bridgehead atoms. The minimum Gasteiger partial charge on any atom is -0.351 e. The molecule has 1 unspecified atom stereocenters. The number of hydrogen-bond donors (Lipinski definition) is 1. The quantitative estimate of drug-likeness (QED) is 0.827. The van der Waals surface area contributed by atoms with Gasteiger partial charge in [0.05, 0.1) is 10.5 Å². The molecule has 0 radical (unpaired) electrons. The Hall–Kier alpha value is -2.18. The van der Waals surface area contributed by atoms with Crippen molar-refractivity contribution in [1.29, 1.82) is 0 Å². The molecule has 5 nitrogen and oxygen atoms in total. The number of hydrogen-bond acceptors (Lipinski definition) is 3. The van der Waals surface area contributed by atoms with Gasteiger partial charge in [0, 0.05) is 19.6 Å². The molecule has 0 spiro atoms. The molecule has 0 saturated carbocycles. The summed E-state index contributed by atoms with van der Waals surface area (Å²) in [6.07, 6.45) is 2.77. The van der Waals surface area contributed by atoms with Gasteiger partial charge in [-0.3, -0.25) is 4.79 Å². The summed E-state index contributed by atoms with van der Waals surface area (Å²) < 4.78 is 27.5. The van der Waals surface area contributed by atoms with E-state index in [1.165, 1.54) is 10.4 Å². The maximum absolute atomic E-state index is 13.0. The Kier molecular flexibility index (Phi) is 6.29. The third-order valence-corrected chi connectivity index (χ3v) is 6.96.